The molecule has 1 aliphatic carbocycles. The third-order valence-corrected chi connectivity index (χ3v) is 3.99. The summed E-state index contributed by atoms with van der Waals surface area (Å²) < 4.78 is 0. The molecule has 2 aromatic carbocycles. The Morgan fingerprint density at radius 3 is 2.71 bits per heavy atom. The molecular weight excluding hydrogens is 304 g/mol. The molecule has 3 rings (SSSR count). The molecule has 24 heavy (non-hydrogen) atoms. The highest BCUT2D eigenvalue weighted by atomic mass is 16.3. The van der Waals surface area contributed by atoms with Crippen molar-refractivity contribution in [2.24, 2.45) is 5.92 Å². The van der Waals surface area contributed by atoms with Gasteiger partial charge in [0.1, 0.15) is 5.75 Å². The SMILES string of the molecule is Cc1ccc(O)c(C(=O)NCc2cccc(NC(=O)C3CC3)c2)c1. The van der Waals surface area contributed by atoms with Crippen molar-refractivity contribution in [1.29, 1.82) is 0 Å². The first-order valence-electron chi connectivity index (χ1n) is 8.00. The smallest absolute Gasteiger partial charge is 0.255 e. The van der Waals surface area contributed by atoms with Crippen molar-refractivity contribution in [2.45, 2.75) is 26.3 Å². The zero-order valence-electron chi connectivity index (χ0n) is 13.5. The molecule has 0 heterocycles. The van der Waals surface area contributed by atoms with Gasteiger partial charge in [-0.1, -0.05) is 23.8 Å². The zero-order chi connectivity index (χ0) is 17.1. The molecule has 0 unspecified atom stereocenters. The summed E-state index contributed by atoms with van der Waals surface area (Å²) in [6, 6.07) is 12.3. The fraction of sp³-hybridized carbons (Fsp3) is 0.263. The van der Waals surface area contributed by atoms with Gasteiger partial charge in [-0.05, 0) is 49.6 Å². The Labute approximate surface area is 140 Å². The van der Waals surface area contributed by atoms with Crippen LogP contribution in [-0.4, -0.2) is 16.9 Å². The number of phenolic OH excluding ortho intramolecular Hbond substituents is 1. The first-order valence-corrected chi connectivity index (χ1v) is 8.00. The minimum absolute atomic E-state index is 0.0384. The zero-order valence-corrected chi connectivity index (χ0v) is 13.5. The molecule has 0 spiro atoms. The molecule has 1 fully saturated rings. The van der Waals surface area contributed by atoms with Crippen molar-refractivity contribution >= 4 is 17.5 Å². The average molecular weight is 324 g/mol. The summed E-state index contributed by atoms with van der Waals surface area (Å²) in [7, 11) is 0. The first-order chi connectivity index (χ1) is 11.5. The number of benzene rings is 2. The Kier molecular flexibility index (Phi) is 4.51. The number of hydrogen-bond donors (Lipinski definition) is 3. The molecule has 5 heteroatoms. The summed E-state index contributed by atoms with van der Waals surface area (Å²) in [6.45, 7) is 2.18. The lowest BCUT2D eigenvalue weighted by molar-refractivity contribution is -0.117. The maximum atomic E-state index is 12.2. The number of carbonyl (C=O) groups excluding carboxylic acids is 2. The predicted octanol–water partition coefficient (Wildman–Crippen LogP) is 2.98. The van der Waals surface area contributed by atoms with Gasteiger partial charge < -0.3 is 15.7 Å². The molecule has 0 bridgehead atoms. The monoisotopic (exact) mass is 324 g/mol. The van der Waals surface area contributed by atoms with Gasteiger partial charge in [0, 0.05) is 18.2 Å². The number of amides is 2. The molecule has 124 valence electrons. The van der Waals surface area contributed by atoms with Gasteiger partial charge in [0.15, 0.2) is 0 Å². The molecule has 5 nitrogen and oxygen atoms in total. The number of phenols is 1. The van der Waals surface area contributed by atoms with Crippen molar-refractivity contribution in [3.8, 4) is 5.75 Å². The third-order valence-electron chi connectivity index (χ3n) is 3.99. The second-order valence-electron chi connectivity index (χ2n) is 6.17. The number of anilines is 1. The van der Waals surface area contributed by atoms with Crippen LogP contribution in [0.5, 0.6) is 5.75 Å². The molecule has 1 aliphatic rings. The van der Waals surface area contributed by atoms with Crippen molar-refractivity contribution in [1.82, 2.24) is 5.32 Å². The van der Waals surface area contributed by atoms with E-state index in [1.807, 2.05) is 31.2 Å². The topological polar surface area (TPSA) is 78.4 Å². The van der Waals surface area contributed by atoms with Crippen LogP contribution in [-0.2, 0) is 11.3 Å². The largest absolute Gasteiger partial charge is 0.507 e. The number of aromatic hydroxyl groups is 1. The fourth-order valence-corrected chi connectivity index (χ4v) is 2.46. The van der Waals surface area contributed by atoms with Crippen LogP contribution in [0.2, 0.25) is 0 Å². The summed E-state index contributed by atoms with van der Waals surface area (Å²) in [5.74, 6) is -0.161. The van der Waals surface area contributed by atoms with Gasteiger partial charge in [-0.25, -0.2) is 0 Å². The highest BCUT2D eigenvalue weighted by Gasteiger charge is 2.29. The van der Waals surface area contributed by atoms with E-state index in [9.17, 15) is 14.7 Å². The van der Waals surface area contributed by atoms with Crippen LogP contribution in [0.3, 0.4) is 0 Å². The van der Waals surface area contributed by atoms with Crippen LogP contribution in [0.15, 0.2) is 42.5 Å². The lowest BCUT2D eigenvalue weighted by Crippen LogP contribution is -2.23. The number of nitrogens with one attached hydrogen (secondary N) is 2. The van der Waals surface area contributed by atoms with E-state index in [1.165, 1.54) is 6.07 Å². The van der Waals surface area contributed by atoms with Gasteiger partial charge in [0.25, 0.3) is 5.91 Å². The molecule has 2 amide bonds. The van der Waals surface area contributed by atoms with Crippen molar-refractivity contribution in [2.75, 3.05) is 5.32 Å². The Morgan fingerprint density at radius 1 is 1.17 bits per heavy atom. The predicted molar refractivity (Wildman–Crippen MR) is 91.8 cm³/mol. The minimum Gasteiger partial charge on any atom is -0.507 e. The summed E-state index contributed by atoms with van der Waals surface area (Å²) in [5.41, 5.74) is 2.78. The number of hydrogen-bond acceptors (Lipinski definition) is 3. The van der Waals surface area contributed by atoms with Crippen LogP contribution in [0.25, 0.3) is 0 Å². The Bertz CT molecular complexity index is 782. The van der Waals surface area contributed by atoms with Gasteiger partial charge in [-0.15, -0.1) is 0 Å². The van der Waals surface area contributed by atoms with Gasteiger partial charge in [-0.2, -0.15) is 0 Å². The van der Waals surface area contributed by atoms with Crippen molar-refractivity contribution in [3.05, 3.63) is 59.2 Å². The van der Waals surface area contributed by atoms with E-state index in [1.54, 1.807) is 12.1 Å². The second-order valence-corrected chi connectivity index (χ2v) is 6.17. The lowest BCUT2D eigenvalue weighted by Gasteiger charge is -2.10. The first kappa shape index (κ1) is 16.1. The van der Waals surface area contributed by atoms with Crippen LogP contribution in [0.1, 0.15) is 34.3 Å². The molecule has 0 atom stereocenters. The third kappa shape index (κ3) is 3.93. The van der Waals surface area contributed by atoms with E-state index in [0.717, 1.165) is 29.7 Å². The Hall–Kier alpha value is -2.82. The van der Waals surface area contributed by atoms with E-state index < -0.39 is 0 Å². The van der Waals surface area contributed by atoms with E-state index in [2.05, 4.69) is 10.6 Å². The molecular formula is C19H20N2O3. The normalized spacial score (nSPS) is 13.4. The highest BCUT2D eigenvalue weighted by molar-refractivity contribution is 5.97. The van der Waals surface area contributed by atoms with E-state index in [-0.39, 0.29) is 29.0 Å². The summed E-state index contributed by atoms with van der Waals surface area (Å²) in [5, 5.41) is 15.5. The van der Waals surface area contributed by atoms with Crippen LogP contribution < -0.4 is 10.6 Å². The standard InChI is InChI=1S/C19H20N2O3/c1-12-5-8-17(22)16(9-12)19(24)20-11-13-3-2-4-15(10-13)21-18(23)14-6-7-14/h2-5,8-10,14,22H,6-7,11H2,1H3,(H,20,24)(H,21,23). The lowest BCUT2D eigenvalue weighted by atomic mass is 10.1. The average Bonchev–Trinajstić information content (AvgIpc) is 3.40. The molecule has 0 radical (unpaired) electrons. The minimum atomic E-state index is -0.330. The van der Waals surface area contributed by atoms with Gasteiger partial charge >= 0.3 is 0 Å². The van der Waals surface area contributed by atoms with E-state index >= 15 is 0 Å². The Morgan fingerprint density at radius 2 is 1.96 bits per heavy atom. The van der Waals surface area contributed by atoms with Gasteiger partial charge in [0.2, 0.25) is 5.91 Å². The van der Waals surface area contributed by atoms with Crippen LogP contribution in [0.4, 0.5) is 5.69 Å². The summed E-state index contributed by atoms with van der Waals surface area (Å²) in [6.07, 6.45) is 1.92. The maximum Gasteiger partial charge on any atom is 0.255 e. The molecule has 1 saturated carbocycles. The van der Waals surface area contributed by atoms with E-state index in [4.69, 9.17) is 0 Å². The summed E-state index contributed by atoms with van der Waals surface area (Å²) in [4.78, 5) is 24.0. The second kappa shape index (κ2) is 6.74. The maximum absolute atomic E-state index is 12.2. The molecule has 2 aromatic rings. The quantitative estimate of drug-likeness (QED) is 0.791. The van der Waals surface area contributed by atoms with Crippen molar-refractivity contribution < 1.29 is 14.7 Å². The number of carbonyl (C=O) groups is 2. The van der Waals surface area contributed by atoms with Crippen LogP contribution >= 0.6 is 0 Å². The van der Waals surface area contributed by atoms with Gasteiger partial charge in [0.05, 0.1) is 5.56 Å². The van der Waals surface area contributed by atoms with Crippen LogP contribution in [0, 0.1) is 12.8 Å². The van der Waals surface area contributed by atoms with Gasteiger partial charge in [-0.3, -0.25) is 9.59 Å². The highest BCUT2D eigenvalue weighted by Crippen LogP contribution is 2.30. The fourth-order valence-electron chi connectivity index (χ4n) is 2.46. The molecule has 0 saturated heterocycles. The number of aryl methyl sites for hydroxylation is 1. The summed E-state index contributed by atoms with van der Waals surface area (Å²) >= 11 is 0. The number of rotatable bonds is 5. The molecule has 0 aliphatic heterocycles. The van der Waals surface area contributed by atoms with E-state index in [0.29, 0.717) is 6.54 Å². The Balaban J connectivity index is 1.62. The molecule has 3 N–H and O–H groups in total. The molecule has 0 aromatic heterocycles. The van der Waals surface area contributed by atoms with Crippen molar-refractivity contribution in [3.63, 3.8) is 0 Å².